The van der Waals surface area contributed by atoms with E-state index < -0.39 is 0 Å². The molecule has 3 heteroatoms. The molecule has 0 aliphatic heterocycles. The van der Waals surface area contributed by atoms with Gasteiger partial charge >= 0.3 is 0 Å². The van der Waals surface area contributed by atoms with Gasteiger partial charge in [-0.3, -0.25) is 4.79 Å². The molecule has 0 unspecified atom stereocenters. The number of halogens is 1. The number of alkyl halides is 1. The predicted molar refractivity (Wildman–Crippen MR) is 86.9 cm³/mol. The van der Waals surface area contributed by atoms with E-state index in [-0.39, 0.29) is 11.7 Å². The SMILES string of the molecule is Cc1cc(C(=O)CCl)c(C)n1CCCCCCC(C)C. The summed E-state index contributed by atoms with van der Waals surface area (Å²) in [5.41, 5.74) is 3.02. The van der Waals surface area contributed by atoms with Crippen molar-refractivity contribution >= 4 is 17.4 Å². The summed E-state index contributed by atoms with van der Waals surface area (Å²) in [6.07, 6.45) is 6.42. The molecule has 0 fully saturated rings. The van der Waals surface area contributed by atoms with Crippen LogP contribution in [0.4, 0.5) is 0 Å². The number of hydrogen-bond acceptors (Lipinski definition) is 1. The third-order valence-electron chi connectivity index (χ3n) is 3.91. The van der Waals surface area contributed by atoms with Gasteiger partial charge in [-0.15, -0.1) is 11.6 Å². The van der Waals surface area contributed by atoms with Crippen LogP contribution in [-0.4, -0.2) is 16.2 Å². The lowest BCUT2D eigenvalue weighted by Crippen LogP contribution is -2.06. The predicted octanol–water partition coefficient (Wildman–Crippen LogP) is 5.13. The van der Waals surface area contributed by atoms with Gasteiger partial charge in [-0.25, -0.2) is 0 Å². The van der Waals surface area contributed by atoms with Gasteiger partial charge in [-0.2, -0.15) is 0 Å². The molecule has 1 heterocycles. The van der Waals surface area contributed by atoms with Crippen molar-refractivity contribution in [3.05, 3.63) is 23.0 Å². The van der Waals surface area contributed by atoms with Gasteiger partial charge in [-0.05, 0) is 32.3 Å². The van der Waals surface area contributed by atoms with Crippen LogP contribution < -0.4 is 0 Å². The average Bonchev–Trinajstić information content (AvgIpc) is 2.68. The van der Waals surface area contributed by atoms with E-state index in [9.17, 15) is 4.79 Å². The van der Waals surface area contributed by atoms with E-state index in [1.54, 1.807) is 0 Å². The Kier molecular flexibility index (Phi) is 7.36. The fraction of sp³-hybridized carbons (Fsp3) is 0.706. The number of unbranched alkanes of at least 4 members (excludes halogenated alkanes) is 3. The molecule has 0 amide bonds. The molecule has 0 saturated heterocycles. The fourth-order valence-electron chi connectivity index (χ4n) is 2.68. The highest BCUT2D eigenvalue weighted by Gasteiger charge is 2.14. The number of rotatable bonds is 9. The summed E-state index contributed by atoms with van der Waals surface area (Å²) >= 11 is 5.65. The summed E-state index contributed by atoms with van der Waals surface area (Å²) in [4.78, 5) is 11.7. The smallest absolute Gasteiger partial charge is 0.179 e. The Morgan fingerprint density at radius 2 is 1.85 bits per heavy atom. The minimum atomic E-state index is 0.0305. The molecule has 0 bridgehead atoms. The van der Waals surface area contributed by atoms with Crippen LogP contribution >= 0.6 is 11.6 Å². The number of ketones is 1. The molecular formula is C17H28ClNO. The standard InChI is InChI=1S/C17H28ClNO/c1-13(2)9-7-5-6-8-10-19-14(3)11-16(15(19)4)17(20)12-18/h11,13H,5-10,12H2,1-4H3. The van der Waals surface area contributed by atoms with Crippen molar-refractivity contribution in [2.45, 2.75) is 66.3 Å². The van der Waals surface area contributed by atoms with Crippen molar-refractivity contribution in [1.82, 2.24) is 4.57 Å². The Labute approximate surface area is 128 Å². The molecular weight excluding hydrogens is 270 g/mol. The summed E-state index contributed by atoms with van der Waals surface area (Å²) in [6.45, 7) is 9.65. The van der Waals surface area contributed by atoms with Gasteiger partial charge in [0.2, 0.25) is 0 Å². The van der Waals surface area contributed by atoms with Crippen LogP contribution in [0.25, 0.3) is 0 Å². The van der Waals surface area contributed by atoms with Crippen LogP contribution in [0.5, 0.6) is 0 Å². The first-order chi connectivity index (χ1) is 9.47. The van der Waals surface area contributed by atoms with Crippen LogP contribution in [0.1, 0.15) is 67.7 Å². The maximum Gasteiger partial charge on any atom is 0.179 e. The Balaban J connectivity index is 2.44. The summed E-state index contributed by atoms with van der Waals surface area (Å²) in [6, 6.07) is 1.97. The number of aromatic nitrogens is 1. The first kappa shape index (κ1) is 17.3. The van der Waals surface area contributed by atoms with E-state index in [0.717, 1.165) is 29.4 Å². The van der Waals surface area contributed by atoms with Gasteiger partial charge in [0.05, 0.1) is 5.88 Å². The first-order valence-electron chi connectivity index (χ1n) is 7.73. The zero-order valence-electron chi connectivity index (χ0n) is 13.3. The molecule has 0 spiro atoms. The molecule has 0 atom stereocenters. The highest BCUT2D eigenvalue weighted by molar-refractivity contribution is 6.30. The summed E-state index contributed by atoms with van der Waals surface area (Å²) < 4.78 is 2.25. The number of aryl methyl sites for hydroxylation is 1. The third-order valence-corrected chi connectivity index (χ3v) is 4.15. The lowest BCUT2D eigenvalue weighted by atomic mass is 10.0. The van der Waals surface area contributed by atoms with Crippen molar-refractivity contribution in [1.29, 1.82) is 0 Å². The minimum Gasteiger partial charge on any atom is -0.348 e. The van der Waals surface area contributed by atoms with Crippen molar-refractivity contribution in [3.8, 4) is 0 Å². The molecule has 20 heavy (non-hydrogen) atoms. The van der Waals surface area contributed by atoms with Crippen LogP contribution in [0.15, 0.2) is 6.07 Å². The molecule has 0 N–H and O–H groups in total. The van der Waals surface area contributed by atoms with E-state index >= 15 is 0 Å². The topological polar surface area (TPSA) is 22.0 Å². The molecule has 0 aromatic carbocycles. The van der Waals surface area contributed by atoms with E-state index in [1.165, 1.54) is 32.1 Å². The molecule has 0 aliphatic carbocycles. The maximum atomic E-state index is 11.7. The summed E-state index contributed by atoms with van der Waals surface area (Å²) in [7, 11) is 0. The fourth-order valence-corrected chi connectivity index (χ4v) is 2.82. The zero-order chi connectivity index (χ0) is 15.1. The lowest BCUT2D eigenvalue weighted by Gasteiger charge is -2.10. The quantitative estimate of drug-likeness (QED) is 0.352. The van der Waals surface area contributed by atoms with Crippen LogP contribution in [0.3, 0.4) is 0 Å². The second-order valence-electron chi connectivity index (χ2n) is 6.09. The number of carbonyl (C=O) groups is 1. The lowest BCUT2D eigenvalue weighted by molar-refractivity contribution is 0.102. The largest absolute Gasteiger partial charge is 0.348 e. The van der Waals surface area contributed by atoms with Gasteiger partial charge in [0, 0.05) is 23.5 Å². The Morgan fingerprint density at radius 3 is 2.45 bits per heavy atom. The van der Waals surface area contributed by atoms with Crippen molar-refractivity contribution < 1.29 is 4.79 Å². The van der Waals surface area contributed by atoms with Crippen molar-refractivity contribution in [2.75, 3.05) is 5.88 Å². The summed E-state index contributed by atoms with van der Waals surface area (Å²) in [5, 5.41) is 0. The third kappa shape index (κ3) is 4.97. The second kappa shape index (κ2) is 8.51. The highest BCUT2D eigenvalue weighted by atomic mass is 35.5. The Morgan fingerprint density at radius 1 is 1.20 bits per heavy atom. The first-order valence-corrected chi connectivity index (χ1v) is 8.26. The second-order valence-corrected chi connectivity index (χ2v) is 6.36. The molecule has 0 aliphatic rings. The number of hydrogen-bond donors (Lipinski definition) is 0. The molecule has 2 nitrogen and oxygen atoms in total. The van der Waals surface area contributed by atoms with Gasteiger partial charge in [0.25, 0.3) is 0 Å². The molecule has 0 saturated carbocycles. The van der Waals surface area contributed by atoms with E-state index in [0.29, 0.717) is 0 Å². The van der Waals surface area contributed by atoms with Crippen molar-refractivity contribution in [3.63, 3.8) is 0 Å². The van der Waals surface area contributed by atoms with Gasteiger partial charge in [-0.1, -0.05) is 39.5 Å². The van der Waals surface area contributed by atoms with Crippen LogP contribution in [0.2, 0.25) is 0 Å². The van der Waals surface area contributed by atoms with Crippen LogP contribution in [-0.2, 0) is 6.54 Å². The van der Waals surface area contributed by atoms with E-state index in [4.69, 9.17) is 11.6 Å². The van der Waals surface area contributed by atoms with Crippen LogP contribution in [0, 0.1) is 19.8 Å². The number of Topliss-reactive ketones (excluding diaryl/α,β-unsaturated/α-hetero) is 1. The molecule has 1 rings (SSSR count). The van der Waals surface area contributed by atoms with Gasteiger partial charge in [0.15, 0.2) is 5.78 Å². The normalized spacial score (nSPS) is 11.3. The zero-order valence-corrected chi connectivity index (χ0v) is 14.1. The van der Waals surface area contributed by atoms with E-state index in [1.807, 2.05) is 13.0 Å². The highest BCUT2D eigenvalue weighted by Crippen LogP contribution is 2.18. The van der Waals surface area contributed by atoms with E-state index in [2.05, 4.69) is 25.3 Å². The number of carbonyl (C=O) groups excluding carboxylic acids is 1. The maximum absolute atomic E-state index is 11.7. The average molecular weight is 298 g/mol. The number of nitrogens with zero attached hydrogens (tertiary/aromatic N) is 1. The molecule has 1 aromatic rings. The van der Waals surface area contributed by atoms with Crippen molar-refractivity contribution in [2.24, 2.45) is 5.92 Å². The van der Waals surface area contributed by atoms with Gasteiger partial charge in [0.1, 0.15) is 0 Å². The Bertz CT molecular complexity index is 434. The molecule has 1 aromatic heterocycles. The molecule has 0 radical (unpaired) electrons. The molecule has 114 valence electrons. The Hall–Kier alpha value is -0.760. The van der Waals surface area contributed by atoms with Gasteiger partial charge < -0.3 is 4.57 Å². The minimum absolute atomic E-state index is 0.0305. The monoisotopic (exact) mass is 297 g/mol. The summed E-state index contributed by atoms with van der Waals surface area (Å²) in [5.74, 6) is 0.912.